The van der Waals surface area contributed by atoms with Gasteiger partial charge in [0.15, 0.2) is 0 Å². The van der Waals surface area contributed by atoms with Crippen molar-refractivity contribution in [2.45, 2.75) is 65.2 Å². The van der Waals surface area contributed by atoms with Gasteiger partial charge in [-0.25, -0.2) is 9.78 Å². The molecule has 39 heavy (non-hydrogen) atoms. The minimum atomic E-state index is -1.15. The average Bonchev–Trinajstić information content (AvgIpc) is 3.15. The summed E-state index contributed by atoms with van der Waals surface area (Å²) in [6, 6.07) is 10.2. The molecule has 3 rings (SSSR count). The minimum absolute atomic E-state index is 0.0330. The number of carboxylic acids is 1. The second kappa shape index (κ2) is 13.1. The van der Waals surface area contributed by atoms with Crippen LogP contribution in [0.15, 0.2) is 42.7 Å². The Morgan fingerprint density at radius 1 is 1.15 bits per heavy atom. The molecule has 2 N–H and O–H groups in total. The monoisotopic (exact) mass is 667 g/mol. The molecule has 1 atom stereocenters. The second-order valence-corrected chi connectivity index (χ2v) is 18.5. The fourth-order valence-corrected chi connectivity index (χ4v) is 5.34. The lowest BCUT2D eigenvalue weighted by atomic mass is 9.99. The Hall–Kier alpha value is -2.64. The van der Waals surface area contributed by atoms with Gasteiger partial charge < -0.3 is 29.2 Å². The number of pyridine rings is 1. The highest BCUT2D eigenvalue weighted by Crippen LogP contribution is 2.33. The molecule has 9 nitrogen and oxygen atoms in total. The van der Waals surface area contributed by atoms with Gasteiger partial charge in [0.05, 0.1) is 11.3 Å². The van der Waals surface area contributed by atoms with Gasteiger partial charge >= 0.3 is 12.1 Å². The number of benzene rings is 1. The molecule has 1 amide bonds. The number of carboxylic acid groups (broad SMARTS) is 1. The standard InChI is InChI=1S/C28H38IN3O6Si/c1-28(2,3)38-27(35)31-16-20(26(33)34)15-19-7-9-21(10-8-19)37-23-11-12-30-25-24(23)22(29)17-32(25)18-36-13-14-39(4,5)6/h7-12,17,20H,13-16,18H2,1-6H3,(H,31,35)(H,33,34). The third-order valence-electron chi connectivity index (χ3n) is 5.77. The number of carbonyl (C=O) groups is 2. The number of fused-ring (bicyclic) bond motifs is 1. The van der Waals surface area contributed by atoms with E-state index in [1.54, 1.807) is 27.0 Å². The molecule has 1 aromatic carbocycles. The first kappa shape index (κ1) is 30.9. The largest absolute Gasteiger partial charge is 0.481 e. The first-order chi connectivity index (χ1) is 18.2. The molecular weight excluding hydrogens is 629 g/mol. The van der Waals surface area contributed by atoms with E-state index in [4.69, 9.17) is 14.2 Å². The van der Waals surface area contributed by atoms with E-state index < -0.39 is 31.7 Å². The maximum atomic E-state index is 11.9. The van der Waals surface area contributed by atoms with Crippen LogP contribution in [0.2, 0.25) is 25.7 Å². The van der Waals surface area contributed by atoms with Crippen molar-refractivity contribution in [1.82, 2.24) is 14.9 Å². The van der Waals surface area contributed by atoms with Crippen LogP contribution in [0.4, 0.5) is 4.79 Å². The van der Waals surface area contributed by atoms with Crippen LogP contribution in [0.5, 0.6) is 11.5 Å². The SMILES string of the molecule is CC(C)(C)OC(=O)NCC(Cc1ccc(Oc2ccnc3c2c(I)cn3COCC[Si](C)(C)C)cc1)C(=O)O. The number of ether oxygens (including phenoxy) is 3. The van der Waals surface area contributed by atoms with Crippen LogP contribution in [0.1, 0.15) is 26.3 Å². The van der Waals surface area contributed by atoms with Crippen LogP contribution in [0.25, 0.3) is 11.0 Å². The van der Waals surface area contributed by atoms with Crippen LogP contribution < -0.4 is 10.1 Å². The lowest BCUT2D eigenvalue weighted by Gasteiger charge is -2.21. The number of rotatable bonds is 12. The zero-order chi connectivity index (χ0) is 28.8. The number of alkyl carbamates (subject to hydrolysis) is 1. The van der Waals surface area contributed by atoms with Crippen molar-refractivity contribution in [2.24, 2.45) is 5.92 Å². The smallest absolute Gasteiger partial charge is 0.407 e. The molecule has 0 aliphatic heterocycles. The van der Waals surface area contributed by atoms with Gasteiger partial charge in [0.25, 0.3) is 0 Å². The number of halogens is 1. The number of amides is 1. The normalized spacial score (nSPS) is 12.8. The first-order valence-electron chi connectivity index (χ1n) is 12.9. The number of aliphatic carboxylic acids is 1. The fraction of sp³-hybridized carbons (Fsp3) is 0.464. The van der Waals surface area contributed by atoms with E-state index in [1.165, 1.54) is 0 Å². The van der Waals surface area contributed by atoms with Gasteiger partial charge in [-0.2, -0.15) is 0 Å². The maximum Gasteiger partial charge on any atom is 0.407 e. The number of hydrogen-bond donors (Lipinski definition) is 2. The molecular formula is C28H38IN3O6Si. The molecule has 1 unspecified atom stereocenters. The molecule has 0 saturated carbocycles. The van der Waals surface area contributed by atoms with Gasteiger partial charge in [-0.1, -0.05) is 31.8 Å². The molecule has 0 spiro atoms. The van der Waals surface area contributed by atoms with Crippen molar-refractivity contribution in [2.75, 3.05) is 13.2 Å². The predicted molar refractivity (Wildman–Crippen MR) is 162 cm³/mol. The van der Waals surface area contributed by atoms with Crippen LogP contribution in [-0.4, -0.2) is 53.5 Å². The first-order valence-corrected chi connectivity index (χ1v) is 17.7. The summed E-state index contributed by atoms with van der Waals surface area (Å²) >= 11 is 2.28. The van der Waals surface area contributed by atoms with Gasteiger partial charge in [0.2, 0.25) is 0 Å². The average molecular weight is 668 g/mol. The molecule has 3 aromatic rings. The molecule has 0 aliphatic carbocycles. The highest BCUT2D eigenvalue weighted by molar-refractivity contribution is 14.1. The van der Waals surface area contributed by atoms with Gasteiger partial charge in [-0.15, -0.1) is 0 Å². The molecule has 11 heteroatoms. The van der Waals surface area contributed by atoms with Gasteiger partial charge in [0.1, 0.15) is 29.5 Å². The molecule has 0 aliphatic rings. The summed E-state index contributed by atoms with van der Waals surface area (Å²) in [4.78, 5) is 28.2. The van der Waals surface area contributed by atoms with Gasteiger partial charge in [-0.3, -0.25) is 4.79 Å². The second-order valence-electron chi connectivity index (χ2n) is 11.7. The Morgan fingerprint density at radius 2 is 1.85 bits per heavy atom. The Labute approximate surface area is 244 Å². The van der Waals surface area contributed by atoms with Crippen molar-refractivity contribution in [3.05, 3.63) is 51.9 Å². The maximum absolute atomic E-state index is 11.9. The summed E-state index contributed by atoms with van der Waals surface area (Å²) in [5.41, 5.74) is 0.959. The highest BCUT2D eigenvalue weighted by Gasteiger charge is 2.22. The molecule has 2 aromatic heterocycles. The Balaban J connectivity index is 1.65. The Morgan fingerprint density at radius 3 is 2.46 bits per heavy atom. The lowest BCUT2D eigenvalue weighted by Crippen LogP contribution is -2.37. The molecule has 0 bridgehead atoms. The summed E-state index contributed by atoms with van der Waals surface area (Å²) in [6.45, 7) is 13.4. The highest BCUT2D eigenvalue weighted by atomic mass is 127. The number of hydrogen-bond acceptors (Lipinski definition) is 6. The third-order valence-corrected chi connectivity index (χ3v) is 8.30. The molecule has 2 heterocycles. The zero-order valence-electron chi connectivity index (χ0n) is 23.4. The van der Waals surface area contributed by atoms with Crippen LogP contribution in [-0.2, 0) is 27.4 Å². The quantitative estimate of drug-likeness (QED) is 0.129. The van der Waals surface area contributed by atoms with Gasteiger partial charge in [0, 0.05) is 37.2 Å². The van der Waals surface area contributed by atoms with Crippen molar-refractivity contribution >= 4 is 53.8 Å². The third kappa shape index (κ3) is 9.80. The van der Waals surface area contributed by atoms with Crippen molar-refractivity contribution in [3.8, 4) is 11.5 Å². The molecule has 0 saturated heterocycles. The minimum Gasteiger partial charge on any atom is -0.481 e. The van der Waals surface area contributed by atoms with Gasteiger partial charge in [-0.05, 0) is 79.6 Å². The summed E-state index contributed by atoms with van der Waals surface area (Å²) in [5.74, 6) is -0.476. The van der Waals surface area contributed by atoms with E-state index in [9.17, 15) is 14.7 Å². The Kier molecular flexibility index (Phi) is 10.4. The zero-order valence-corrected chi connectivity index (χ0v) is 26.6. The van der Waals surface area contributed by atoms with Crippen LogP contribution >= 0.6 is 22.6 Å². The summed E-state index contributed by atoms with van der Waals surface area (Å²) < 4.78 is 20.3. The number of aromatic nitrogens is 2. The van der Waals surface area contributed by atoms with E-state index >= 15 is 0 Å². The number of nitrogens with zero attached hydrogens (tertiary/aromatic N) is 2. The topological polar surface area (TPSA) is 112 Å². The van der Waals surface area contributed by atoms with Crippen molar-refractivity contribution in [1.29, 1.82) is 0 Å². The van der Waals surface area contributed by atoms with E-state index in [1.807, 2.05) is 41.1 Å². The predicted octanol–water partition coefficient (Wildman–Crippen LogP) is 6.51. The van der Waals surface area contributed by atoms with E-state index in [0.717, 1.165) is 32.8 Å². The van der Waals surface area contributed by atoms with Crippen LogP contribution in [0, 0.1) is 9.49 Å². The summed E-state index contributed by atoms with van der Waals surface area (Å²) in [7, 11) is -1.15. The number of nitrogens with one attached hydrogen (secondary N) is 1. The van der Waals surface area contributed by atoms with E-state index in [0.29, 0.717) is 18.2 Å². The Bertz CT molecular complexity index is 1280. The van der Waals surface area contributed by atoms with E-state index in [2.05, 4.69) is 52.5 Å². The summed E-state index contributed by atoms with van der Waals surface area (Å²) in [5, 5.41) is 13.1. The molecule has 0 radical (unpaired) electrons. The molecule has 212 valence electrons. The molecule has 0 fully saturated rings. The fourth-order valence-electron chi connectivity index (χ4n) is 3.74. The summed E-state index contributed by atoms with van der Waals surface area (Å²) in [6.07, 6.45) is 3.35. The number of carbonyl (C=O) groups excluding carboxylic acids is 1. The van der Waals surface area contributed by atoms with Crippen molar-refractivity contribution in [3.63, 3.8) is 0 Å². The lowest BCUT2D eigenvalue weighted by molar-refractivity contribution is -0.141. The van der Waals surface area contributed by atoms with Crippen LogP contribution in [0.3, 0.4) is 0 Å². The van der Waals surface area contributed by atoms with Crippen molar-refractivity contribution < 1.29 is 28.9 Å². The van der Waals surface area contributed by atoms with E-state index in [-0.39, 0.29) is 13.0 Å².